The second-order valence-electron chi connectivity index (χ2n) is 6.72. The number of rotatable bonds is 7. The molecule has 6 nitrogen and oxygen atoms in total. The maximum atomic E-state index is 13.3. The molecule has 1 heterocycles. The number of ether oxygens (including phenoxy) is 1. The van der Waals surface area contributed by atoms with Crippen molar-refractivity contribution in [2.75, 3.05) is 32.7 Å². The minimum absolute atomic E-state index is 0.0226. The second kappa shape index (κ2) is 9.29. The van der Waals surface area contributed by atoms with Gasteiger partial charge in [0, 0.05) is 38.8 Å². The molecule has 0 aromatic heterocycles. The smallest absolute Gasteiger partial charge is 0.406 e. The zero-order chi connectivity index (χ0) is 21.8. The minimum atomic E-state index is -4.86. The molecule has 30 heavy (non-hydrogen) atoms. The Morgan fingerprint density at radius 3 is 2.20 bits per heavy atom. The lowest BCUT2D eigenvalue weighted by Gasteiger charge is -2.35. The van der Waals surface area contributed by atoms with Crippen molar-refractivity contribution in [1.29, 1.82) is 0 Å². The predicted octanol–water partition coefficient (Wildman–Crippen LogP) is 2.65. The van der Waals surface area contributed by atoms with Crippen LogP contribution in [0, 0.1) is 5.82 Å². The van der Waals surface area contributed by atoms with Gasteiger partial charge in [-0.05, 0) is 42.0 Å². The zero-order valence-electron chi connectivity index (χ0n) is 15.8. The monoisotopic (exact) mass is 447 g/mol. The molecule has 2 N–H and O–H groups in total. The Labute approximate surface area is 171 Å². The summed E-state index contributed by atoms with van der Waals surface area (Å²) in [5.41, 5.74) is 0.759. The van der Waals surface area contributed by atoms with Gasteiger partial charge in [-0.25, -0.2) is 17.5 Å². The highest BCUT2D eigenvalue weighted by Crippen LogP contribution is 2.25. The fraction of sp³-hybridized carbons (Fsp3) is 0.368. The molecule has 0 spiro atoms. The first-order valence-electron chi connectivity index (χ1n) is 9.20. The Bertz CT molecular complexity index is 929. The zero-order valence-corrected chi connectivity index (χ0v) is 16.6. The summed E-state index contributed by atoms with van der Waals surface area (Å²) in [6.07, 6.45) is -4.86. The summed E-state index contributed by atoms with van der Waals surface area (Å²) >= 11 is 0. The molecule has 1 saturated heterocycles. The van der Waals surface area contributed by atoms with Crippen LogP contribution in [0.3, 0.4) is 0 Å². The van der Waals surface area contributed by atoms with Gasteiger partial charge >= 0.3 is 6.36 Å². The van der Waals surface area contributed by atoms with Crippen molar-refractivity contribution in [2.45, 2.75) is 17.3 Å². The van der Waals surface area contributed by atoms with Crippen LogP contribution in [0.2, 0.25) is 0 Å². The summed E-state index contributed by atoms with van der Waals surface area (Å²) in [5.74, 6) is -0.897. The minimum Gasteiger partial charge on any atom is -0.406 e. The molecule has 1 fully saturated rings. The highest BCUT2D eigenvalue weighted by molar-refractivity contribution is 7.89. The summed E-state index contributed by atoms with van der Waals surface area (Å²) in [6, 6.07) is 9.50. The predicted molar refractivity (Wildman–Crippen MR) is 102 cm³/mol. The van der Waals surface area contributed by atoms with Gasteiger partial charge in [0.2, 0.25) is 10.0 Å². The Hall–Kier alpha value is -2.21. The molecule has 0 radical (unpaired) electrons. The van der Waals surface area contributed by atoms with Crippen molar-refractivity contribution in [3.63, 3.8) is 0 Å². The number of benzene rings is 2. The van der Waals surface area contributed by atoms with Crippen molar-refractivity contribution in [3.8, 4) is 5.75 Å². The molecule has 0 saturated carbocycles. The van der Waals surface area contributed by atoms with E-state index in [1.54, 1.807) is 12.1 Å². The third-order valence-electron chi connectivity index (χ3n) is 4.68. The van der Waals surface area contributed by atoms with Crippen LogP contribution in [-0.2, 0) is 10.0 Å². The van der Waals surface area contributed by atoms with Crippen LogP contribution in [-0.4, -0.2) is 52.4 Å². The second-order valence-corrected chi connectivity index (χ2v) is 8.49. The summed E-state index contributed by atoms with van der Waals surface area (Å²) in [6.45, 7) is 2.88. The maximum absolute atomic E-state index is 13.3. The number of nitrogens with one attached hydrogen (secondary N) is 2. The van der Waals surface area contributed by atoms with E-state index in [2.05, 4.69) is 19.7 Å². The van der Waals surface area contributed by atoms with Crippen LogP contribution in [0.4, 0.5) is 17.6 Å². The van der Waals surface area contributed by atoms with Crippen LogP contribution in [0.1, 0.15) is 11.6 Å². The first-order valence-corrected chi connectivity index (χ1v) is 10.7. The Morgan fingerprint density at radius 2 is 1.63 bits per heavy atom. The average Bonchev–Trinajstić information content (AvgIpc) is 2.69. The highest BCUT2D eigenvalue weighted by Gasteiger charge is 2.31. The van der Waals surface area contributed by atoms with Crippen LogP contribution >= 0.6 is 0 Å². The summed E-state index contributed by atoms with van der Waals surface area (Å²) in [7, 11) is -3.97. The van der Waals surface area contributed by atoms with Crippen LogP contribution in [0.15, 0.2) is 53.4 Å². The van der Waals surface area contributed by atoms with Gasteiger partial charge in [-0.1, -0.05) is 12.1 Å². The molecule has 11 heteroatoms. The van der Waals surface area contributed by atoms with Gasteiger partial charge in [0.1, 0.15) is 11.6 Å². The Kier molecular flexibility index (Phi) is 6.96. The number of nitrogens with zero attached hydrogens (tertiary/aromatic N) is 1. The fourth-order valence-electron chi connectivity index (χ4n) is 3.23. The topological polar surface area (TPSA) is 70.7 Å². The van der Waals surface area contributed by atoms with Crippen molar-refractivity contribution in [3.05, 3.63) is 59.9 Å². The largest absolute Gasteiger partial charge is 0.573 e. The number of hydrogen-bond donors (Lipinski definition) is 2. The average molecular weight is 447 g/mol. The van der Waals surface area contributed by atoms with E-state index in [4.69, 9.17) is 0 Å². The lowest BCUT2D eigenvalue weighted by molar-refractivity contribution is -0.274. The molecule has 164 valence electrons. The molecule has 1 unspecified atom stereocenters. The van der Waals surface area contributed by atoms with E-state index in [1.807, 2.05) is 0 Å². The summed E-state index contributed by atoms with van der Waals surface area (Å²) in [5, 5.41) is 3.22. The Balaban J connectivity index is 1.74. The van der Waals surface area contributed by atoms with Gasteiger partial charge in [0.25, 0.3) is 0 Å². The van der Waals surface area contributed by atoms with Gasteiger partial charge in [0.15, 0.2) is 0 Å². The van der Waals surface area contributed by atoms with Gasteiger partial charge < -0.3 is 10.1 Å². The molecule has 1 aliphatic rings. The molecule has 2 aromatic rings. The molecule has 3 rings (SSSR count). The summed E-state index contributed by atoms with van der Waals surface area (Å²) < 4.78 is 81.6. The van der Waals surface area contributed by atoms with Gasteiger partial charge in [-0.15, -0.1) is 13.2 Å². The molecule has 1 atom stereocenters. The van der Waals surface area contributed by atoms with E-state index >= 15 is 0 Å². The lowest BCUT2D eigenvalue weighted by atomic mass is 10.0. The van der Waals surface area contributed by atoms with Crippen LogP contribution < -0.4 is 14.8 Å². The third-order valence-corrected chi connectivity index (χ3v) is 6.12. The van der Waals surface area contributed by atoms with Crippen molar-refractivity contribution in [2.24, 2.45) is 0 Å². The fourth-order valence-corrected chi connectivity index (χ4v) is 4.27. The SMILES string of the molecule is O=S(=O)(NCC(c1ccc(F)cc1)N1CCNCC1)c1ccc(OC(F)(F)F)cc1. The number of sulfonamides is 1. The molecule has 1 aliphatic heterocycles. The van der Waals surface area contributed by atoms with Crippen molar-refractivity contribution < 1.29 is 30.7 Å². The van der Waals surface area contributed by atoms with E-state index in [9.17, 15) is 26.0 Å². The van der Waals surface area contributed by atoms with E-state index in [1.165, 1.54) is 12.1 Å². The number of alkyl halides is 3. The van der Waals surface area contributed by atoms with Gasteiger partial charge in [0.05, 0.1) is 4.90 Å². The van der Waals surface area contributed by atoms with E-state index < -0.39 is 22.1 Å². The highest BCUT2D eigenvalue weighted by atomic mass is 32.2. The molecule has 0 aliphatic carbocycles. The van der Waals surface area contributed by atoms with E-state index in [0.29, 0.717) is 13.1 Å². The molecule has 2 aromatic carbocycles. The lowest BCUT2D eigenvalue weighted by Crippen LogP contribution is -2.48. The van der Waals surface area contributed by atoms with Crippen molar-refractivity contribution >= 4 is 10.0 Å². The molecule has 0 amide bonds. The molecular formula is C19H21F4N3O3S. The molecular weight excluding hydrogens is 426 g/mol. The Morgan fingerprint density at radius 1 is 1.03 bits per heavy atom. The van der Waals surface area contributed by atoms with Crippen LogP contribution in [0.5, 0.6) is 5.75 Å². The maximum Gasteiger partial charge on any atom is 0.573 e. The number of hydrogen-bond acceptors (Lipinski definition) is 5. The van der Waals surface area contributed by atoms with Gasteiger partial charge in [-0.2, -0.15) is 0 Å². The molecule has 0 bridgehead atoms. The first-order chi connectivity index (χ1) is 14.1. The third kappa shape index (κ3) is 6.14. The quantitative estimate of drug-likeness (QED) is 0.639. The first kappa shape index (κ1) is 22.5. The van der Waals surface area contributed by atoms with E-state index in [-0.39, 0.29) is 23.3 Å². The summed E-state index contributed by atoms with van der Waals surface area (Å²) in [4.78, 5) is 1.90. The normalized spacial score (nSPS) is 16.9. The number of piperazine rings is 1. The van der Waals surface area contributed by atoms with Crippen molar-refractivity contribution in [1.82, 2.24) is 14.9 Å². The van der Waals surface area contributed by atoms with Gasteiger partial charge in [-0.3, -0.25) is 4.90 Å². The standard InChI is InChI=1S/C19H21F4N3O3S/c20-15-3-1-14(2-4-15)18(26-11-9-24-10-12-26)13-25-30(27,28)17-7-5-16(6-8-17)29-19(21,22)23/h1-8,18,24-25H,9-13H2. The van der Waals surface area contributed by atoms with Crippen LogP contribution in [0.25, 0.3) is 0 Å². The van der Waals surface area contributed by atoms with E-state index in [0.717, 1.165) is 42.9 Å². The number of halogens is 4.